The summed E-state index contributed by atoms with van der Waals surface area (Å²) in [4.78, 5) is 11.4. The van der Waals surface area contributed by atoms with Crippen molar-refractivity contribution in [2.75, 3.05) is 0 Å². The molecule has 78 valence electrons. The largest absolute Gasteiger partial charge is 0.389 e. The molecular weight excluding hydrogens is 217 g/mol. The molecule has 0 amide bonds. The van der Waals surface area contributed by atoms with Gasteiger partial charge in [0.25, 0.3) is 0 Å². The van der Waals surface area contributed by atoms with Crippen LogP contribution in [0, 0.1) is 6.92 Å². The van der Waals surface area contributed by atoms with Crippen LogP contribution in [0.1, 0.15) is 28.2 Å². The zero-order valence-corrected chi connectivity index (χ0v) is 8.08. The Balaban J connectivity index is 2.56. The van der Waals surface area contributed by atoms with Crippen molar-refractivity contribution in [3.8, 4) is 0 Å². The average Bonchev–Trinajstić information content (AvgIpc) is 2.46. The van der Waals surface area contributed by atoms with Gasteiger partial charge in [0, 0.05) is 6.42 Å². The summed E-state index contributed by atoms with van der Waals surface area (Å²) < 4.78 is 38.8. The summed E-state index contributed by atoms with van der Waals surface area (Å²) in [6.45, 7) is 1.55. The summed E-state index contributed by atoms with van der Waals surface area (Å²) in [5, 5.41) is 3.55. The van der Waals surface area contributed by atoms with Crippen LogP contribution in [0.15, 0.2) is 0 Å². The third-order valence-corrected chi connectivity index (χ3v) is 2.41. The van der Waals surface area contributed by atoms with Crippen molar-refractivity contribution in [3.05, 3.63) is 10.6 Å². The lowest BCUT2D eigenvalue weighted by atomic mass is 10.2. The maximum atomic E-state index is 11.8. The molecule has 7 heteroatoms. The Kier molecular flexibility index (Phi) is 3.20. The molecule has 0 aromatic carbocycles. The van der Waals surface area contributed by atoms with Gasteiger partial charge >= 0.3 is 6.18 Å². The predicted octanol–water partition coefficient (Wildman–Crippen LogP) is 2.37. The third kappa shape index (κ3) is 3.06. The number of hydrogen-bond donors (Lipinski definition) is 0. The van der Waals surface area contributed by atoms with E-state index in [4.69, 9.17) is 0 Å². The average molecular weight is 224 g/mol. The van der Waals surface area contributed by atoms with E-state index in [-0.39, 0.29) is 4.88 Å². The van der Waals surface area contributed by atoms with E-state index in [2.05, 4.69) is 9.59 Å². The van der Waals surface area contributed by atoms with Gasteiger partial charge in [0.15, 0.2) is 5.78 Å². The van der Waals surface area contributed by atoms with E-state index in [9.17, 15) is 18.0 Å². The zero-order chi connectivity index (χ0) is 10.8. The lowest BCUT2D eigenvalue weighted by Gasteiger charge is -2.03. The molecule has 0 radical (unpaired) electrons. The van der Waals surface area contributed by atoms with Gasteiger partial charge in [0.1, 0.15) is 4.88 Å². The second-order valence-electron chi connectivity index (χ2n) is 2.73. The van der Waals surface area contributed by atoms with Crippen LogP contribution in [0.5, 0.6) is 0 Å². The van der Waals surface area contributed by atoms with E-state index in [1.807, 2.05) is 0 Å². The number of ketones is 1. The number of carbonyl (C=O) groups excluding carboxylic acids is 1. The van der Waals surface area contributed by atoms with E-state index in [1.54, 1.807) is 6.92 Å². The van der Waals surface area contributed by atoms with E-state index < -0.39 is 24.8 Å². The molecule has 0 fully saturated rings. The molecule has 0 aliphatic heterocycles. The summed E-state index contributed by atoms with van der Waals surface area (Å²) in [6, 6.07) is 0. The zero-order valence-electron chi connectivity index (χ0n) is 7.26. The number of rotatable bonds is 3. The highest BCUT2D eigenvalue weighted by Gasteiger charge is 2.28. The maximum absolute atomic E-state index is 11.8. The van der Waals surface area contributed by atoms with Crippen molar-refractivity contribution < 1.29 is 18.0 Å². The van der Waals surface area contributed by atoms with E-state index in [0.717, 1.165) is 11.5 Å². The number of hydrogen-bond acceptors (Lipinski definition) is 4. The van der Waals surface area contributed by atoms with E-state index in [0.29, 0.717) is 5.69 Å². The molecule has 0 spiro atoms. The first kappa shape index (κ1) is 11.1. The third-order valence-electron chi connectivity index (χ3n) is 1.54. The Morgan fingerprint density at radius 1 is 1.50 bits per heavy atom. The van der Waals surface area contributed by atoms with Crippen LogP contribution in [0.4, 0.5) is 13.2 Å². The van der Waals surface area contributed by atoms with Gasteiger partial charge in [0.2, 0.25) is 0 Å². The minimum atomic E-state index is -4.29. The number of alkyl halides is 3. The van der Waals surface area contributed by atoms with Crippen molar-refractivity contribution in [1.82, 2.24) is 9.59 Å². The van der Waals surface area contributed by atoms with Crippen LogP contribution in [0.25, 0.3) is 0 Å². The minimum Gasteiger partial charge on any atom is -0.293 e. The van der Waals surface area contributed by atoms with E-state index in [1.165, 1.54) is 0 Å². The summed E-state index contributed by atoms with van der Waals surface area (Å²) in [5.41, 5.74) is 0.391. The standard InChI is InChI=1S/C7H7F3N2OS/c1-4-6(14-12-11-4)5(13)2-3-7(8,9)10/h2-3H2,1H3. The molecule has 0 bridgehead atoms. The molecule has 0 N–H and O–H groups in total. The molecule has 1 aromatic rings. The fourth-order valence-corrected chi connectivity index (χ4v) is 1.48. The Morgan fingerprint density at radius 2 is 2.14 bits per heavy atom. The Morgan fingerprint density at radius 3 is 2.57 bits per heavy atom. The molecule has 0 aliphatic rings. The number of Topliss-reactive ketones (excluding diaryl/α,β-unsaturated/α-hetero) is 1. The van der Waals surface area contributed by atoms with Gasteiger partial charge in [-0.05, 0) is 18.5 Å². The Hall–Kier alpha value is -0.980. The monoisotopic (exact) mass is 224 g/mol. The summed E-state index contributed by atoms with van der Waals surface area (Å²) in [6.07, 6.45) is -5.92. The summed E-state index contributed by atoms with van der Waals surface area (Å²) >= 11 is 0.830. The van der Waals surface area contributed by atoms with Crippen LogP contribution in [0.3, 0.4) is 0 Å². The minimum absolute atomic E-state index is 0.217. The first-order chi connectivity index (χ1) is 6.40. The molecule has 1 aromatic heterocycles. The second kappa shape index (κ2) is 4.04. The van der Waals surface area contributed by atoms with Crippen molar-refractivity contribution in [1.29, 1.82) is 0 Å². The highest BCUT2D eigenvalue weighted by molar-refractivity contribution is 7.08. The maximum Gasteiger partial charge on any atom is 0.389 e. The van der Waals surface area contributed by atoms with Gasteiger partial charge in [-0.3, -0.25) is 4.79 Å². The molecule has 0 atom stereocenters. The number of aromatic nitrogens is 2. The number of halogens is 3. The lowest BCUT2D eigenvalue weighted by molar-refractivity contribution is -0.133. The summed E-state index contributed by atoms with van der Waals surface area (Å²) in [5.74, 6) is -0.546. The number of nitrogens with zero attached hydrogens (tertiary/aromatic N) is 2. The second-order valence-corrected chi connectivity index (χ2v) is 3.48. The van der Waals surface area contributed by atoms with Gasteiger partial charge in [-0.2, -0.15) is 13.2 Å². The van der Waals surface area contributed by atoms with Gasteiger partial charge in [-0.25, -0.2) is 0 Å². The number of aryl methyl sites for hydroxylation is 1. The van der Waals surface area contributed by atoms with Gasteiger partial charge in [0.05, 0.1) is 12.1 Å². The van der Waals surface area contributed by atoms with E-state index >= 15 is 0 Å². The van der Waals surface area contributed by atoms with Crippen LogP contribution in [0.2, 0.25) is 0 Å². The highest BCUT2D eigenvalue weighted by atomic mass is 32.1. The smallest absolute Gasteiger partial charge is 0.293 e. The SMILES string of the molecule is Cc1nnsc1C(=O)CCC(F)(F)F. The lowest BCUT2D eigenvalue weighted by Crippen LogP contribution is -2.10. The van der Waals surface area contributed by atoms with Crippen molar-refractivity contribution in [2.45, 2.75) is 25.9 Å². The molecular formula is C7H7F3N2OS. The van der Waals surface area contributed by atoms with Crippen LogP contribution < -0.4 is 0 Å². The quantitative estimate of drug-likeness (QED) is 0.740. The topological polar surface area (TPSA) is 42.9 Å². The Bertz CT molecular complexity index is 334. The predicted molar refractivity (Wildman–Crippen MR) is 44.3 cm³/mol. The van der Waals surface area contributed by atoms with Gasteiger partial charge < -0.3 is 0 Å². The first-order valence-corrected chi connectivity index (χ1v) is 4.56. The fraction of sp³-hybridized carbons (Fsp3) is 0.571. The Labute approximate surface area is 82.1 Å². The van der Waals surface area contributed by atoms with Gasteiger partial charge in [-0.1, -0.05) is 4.49 Å². The van der Waals surface area contributed by atoms with Crippen LogP contribution in [-0.4, -0.2) is 21.5 Å². The molecule has 0 unspecified atom stereocenters. The van der Waals surface area contributed by atoms with Crippen LogP contribution >= 0.6 is 11.5 Å². The molecule has 1 rings (SSSR count). The molecule has 0 saturated heterocycles. The normalized spacial score (nSPS) is 11.7. The van der Waals surface area contributed by atoms with Crippen molar-refractivity contribution >= 4 is 17.3 Å². The molecule has 14 heavy (non-hydrogen) atoms. The number of carbonyl (C=O) groups is 1. The molecule has 0 aliphatic carbocycles. The van der Waals surface area contributed by atoms with Gasteiger partial charge in [-0.15, -0.1) is 5.10 Å². The summed E-state index contributed by atoms with van der Waals surface area (Å²) in [7, 11) is 0. The van der Waals surface area contributed by atoms with Crippen LogP contribution in [-0.2, 0) is 0 Å². The van der Waals surface area contributed by atoms with Crippen molar-refractivity contribution in [2.24, 2.45) is 0 Å². The van der Waals surface area contributed by atoms with Crippen molar-refractivity contribution in [3.63, 3.8) is 0 Å². The highest BCUT2D eigenvalue weighted by Crippen LogP contribution is 2.23. The molecule has 0 saturated carbocycles. The molecule has 3 nitrogen and oxygen atoms in total. The first-order valence-electron chi connectivity index (χ1n) is 3.79. The molecule has 1 heterocycles. The fourth-order valence-electron chi connectivity index (χ4n) is 0.855.